The number of rotatable bonds is 3. The molecule has 3 heterocycles. The maximum atomic E-state index is 12.5. The Bertz CT molecular complexity index is 1020. The first kappa shape index (κ1) is 17.1. The van der Waals surface area contributed by atoms with E-state index in [0.29, 0.717) is 53.8 Å². The Morgan fingerprint density at radius 3 is 2.96 bits per heavy atom. The predicted molar refractivity (Wildman–Crippen MR) is 98.5 cm³/mol. The monoisotopic (exact) mass is 391 g/mol. The van der Waals surface area contributed by atoms with E-state index in [2.05, 4.69) is 9.97 Å². The van der Waals surface area contributed by atoms with Crippen molar-refractivity contribution in [3.05, 3.63) is 67.7 Å². The van der Waals surface area contributed by atoms with Gasteiger partial charge in [0, 0.05) is 36.6 Å². The minimum Gasteiger partial charge on any atom is -0.506 e. The molecule has 0 saturated heterocycles. The average molecular weight is 392 g/mol. The first-order chi connectivity index (χ1) is 12.5. The molecule has 0 amide bonds. The van der Waals surface area contributed by atoms with Gasteiger partial charge in [0.1, 0.15) is 5.75 Å². The highest BCUT2D eigenvalue weighted by Crippen LogP contribution is 2.32. The number of aromatic nitrogens is 2. The third-order valence-corrected chi connectivity index (χ3v) is 4.91. The molecule has 8 heteroatoms. The molecule has 0 spiro atoms. The van der Waals surface area contributed by atoms with Crippen LogP contribution in [-0.2, 0) is 19.5 Å². The smallest absolute Gasteiger partial charge is 0.256 e. The maximum absolute atomic E-state index is 12.5. The van der Waals surface area contributed by atoms with Crippen LogP contribution in [0.15, 0.2) is 39.7 Å². The standard InChI is InChI=1S/C18H15Cl2N3O3/c19-11-6-10(16(24)13(20)7-11)8-23-4-3-14-12(9-23)18(25)22-17(21-14)15-2-1-5-26-15/h1-2,5-7,24H,3-4,8-9H2,(H,21,22,25). The van der Waals surface area contributed by atoms with Gasteiger partial charge in [0.05, 0.1) is 22.5 Å². The van der Waals surface area contributed by atoms with Crippen LogP contribution in [-0.4, -0.2) is 26.5 Å². The molecule has 2 aromatic heterocycles. The van der Waals surface area contributed by atoms with Gasteiger partial charge >= 0.3 is 0 Å². The number of fused-ring (bicyclic) bond motifs is 1. The lowest BCUT2D eigenvalue weighted by molar-refractivity contribution is 0.239. The minimum absolute atomic E-state index is 0.0158. The Morgan fingerprint density at radius 2 is 2.19 bits per heavy atom. The van der Waals surface area contributed by atoms with Crippen molar-refractivity contribution < 1.29 is 9.52 Å². The van der Waals surface area contributed by atoms with E-state index in [-0.39, 0.29) is 16.3 Å². The highest BCUT2D eigenvalue weighted by atomic mass is 35.5. The lowest BCUT2D eigenvalue weighted by Crippen LogP contribution is -2.35. The molecule has 2 N–H and O–H groups in total. The zero-order chi connectivity index (χ0) is 18.3. The Balaban J connectivity index is 1.60. The highest BCUT2D eigenvalue weighted by molar-refractivity contribution is 6.35. The van der Waals surface area contributed by atoms with Crippen LogP contribution < -0.4 is 5.56 Å². The summed E-state index contributed by atoms with van der Waals surface area (Å²) in [5.41, 5.74) is 1.84. The molecule has 0 unspecified atom stereocenters. The van der Waals surface area contributed by atoms with Crippen LogP contribution in [0.25, 0.3) is 11.6 Å². The van der Waals surface area contributed by atoms with Gasteiger partial charge in [-0.2, -0.15) is 0 Å². The number of aromatic hydroxyl groups is 1. The molecule has 4 rings (SSSR count). The second kappa shape index (κ2) is 6.79. The van der Waals surface area contributed by atoms with Crippen LogP contribution in [0, 0.1) is 0 Å². The Labute approximate surface area is 159 Å². The summed E-state index contributed by atoms with van der Waals surface area (Å²) in [5, 5.41) is 10.8. The molecule has 1 aliphatic rings. The van der Waals surface area contributed by atoms with Crippen LogP contribution in [0.4, 0.5) is 0 Å². The van der Waals surface area contributed by atoms with Crippen molar-refractivity contribution in [3.63, 3.8) is 0 Å². The van der Waals surface area contributed by atoms with E-state index in [1.54, 1.807) is 24.5 Å². The first-order valence-corrected chi connectivity index (χ1v) is 8.82. The molecule has 26 heavy (non-hydrogen) atoms. The fourth-order valence-corrected chi connectivity index (χ4v) is 3.66. The number of aromatic amines is 1. The average Bonchev–Trinajstić information content (AvgIpc) is 3.14. The van der Waals surface area contributed by atoms with E-state index in [0.717, 1.165) is 5.69 Å². The number of H-pyrrole nitrogens is 1. The third kappa shape index (κ3) is 3.23. The highest BCUT2D eigenvalue weighted by Gasteiger charge is 2.23. The van der Waals surface area contributed by atoms with Crippen LogP contribution in [0.3, 0.4) is 0 Å². The van der Waals surface area contributed by atoms with Gasteiger partial charge in [-0.05, 0) is 24.3 Å². The van der Waals surface area contributed by atoms with Crippen molar-refractivity contribution in [1.29, 1.82) is 0 Å². The van der Waals surface area contributed by atoms with Gasteiger partial charge in [0.25, 0.3) is 5.56 Å². The van der Waals surface area contributed by atoms with Crippen LogP contribution in [0.5, 0.6) is 5.75 Å². The molecule has 0 fully saturated rings. The molecule has 1 aliphatic heterocycles. The van der Waals surface area contributed by atoms with Crippen LogP contribution in [0.2, 0.25) is 10.0 Å². The molecule has 3 aromatic rings. The summed E-state index contributed by atoms with van der Waals surface area (Å²) in [5.74, 6) is 0.986. The minimum atomic E-state index is -0.181. The third-order valence-electron chi connectivity index (χ3n) is 4.40. The largest absolute Gasteiger partial charge is 0.506 e. The van der Waals surface area contributed by atoms with E-state index >= 15 is 0 Å². The summed E-state index contributed by atoms with van der Waals surface area (Å²) in [7, 11) is 0. The maximum Gasteiger partial charge on any atom is 0.256 e. The van der Waals surface area contributed by atoms with Gasteiger partial charge in [-0.1, -0.05) is 23.2 Å². The van der Waals surface area contributed by atoms with Crippen molar-refractivity contribution in [2.45, 2.75) is 19.5 Å². The zero-order valence-corrected chi connectivity index (χ0v) is 15.1. The topological polar surface area (TPSA) is 82.4 Å². The first-order valence-electron chi connectivity index (χ1n) is 8.06. The Kier molecular flexibility index (Phi) is 4.48. The summed E-state index contributed by atoms with van der Waals surface area (Å²) in [6.45, 7) is 1.56. The van der Waals surface area contributed by atoms with Gasteiger partial charge in [-0.25, -0.2) is 4.98 Å². The van der Waals surface area contributed by atoms with Crippen molar-refractivity contribution in [3.8, 4) is 17.3 Å². The Hall–Kier alpha value is -2.28. The number of furan rings is 1. The van der Waals surface area contributed by atoms with E-state index in [4.69, 9.17) is 27.6 Å². The van der Waals surface area contributed by atoms with Crippen molar-refractivity contribution in [2.75, 3.05) is 6.54 Å². The molecule has 6 nitrogen and oxygen atoms in total. The zero-order valence-electron chi connectivity index (χ0n) is 13.6. The molecule has 0 atom stereocenters. The number of nitrogens with zero attached hydrogens (tertiary/aromatic N) is 2. The molecule has 0 bridgehead atoms. The van der Waals surface area contributed by atoms with Crippen LogP contribution in [0.1, 0.15) is 16.8 Å². The van der Waals surface area contributed by atoms with E-state index in [1.807, 2.05) is 4.90 Å². The molecule has 0 radical (unpaired) electrons. The lowest BCUT2D eigenvalue weighted by Gasteiger charge is -2.28. The summed E-state index contributed by atoms with van der Waals surface area (Å²) in [4.78, 5) is 21.9. The van der Waals surface area contributed by atoms with Gasteiger partial charge in [0.2, 0.25) is 0 Å². The van der Waals surface area contributed by atoms with Crippen molar-refractivity contribution in [1.82, 2.24) is 14.9 Å². The number of hydrogen-bond acceptors (Lipinski definition) is 5. The number of hydrogen-bond donors (Lipinski definition) is 2. The molecular formula is C18H15Cl2N3O3. The molecule has 0 aliphatic carbocycles. The molecule has 0 saturated carbocycles. The fraction of sp³-hybridized carbons (Fsp3) is 0.222. The van der Waals surface area contributed by atoms with E-state index < -0.39 is 0 Å². The number of nitrogens with one attached hydrogen (secondary N) is 1. The number of phenolic OH excluding ortho intramolecular Hbond substituents is 1. The molecule has 1 aromatic carbocycles. The quantitative estimate of drug-likeness (QED) is 0.712. The number of halogens is 2. The van der Waals surface area contributed by atoms with E-state index in [1.165, 1.54) is 6.07 Å². The lowest BCUT2D eigenvalue weighted by atomic mass is 10.1. The van der Waals surface area contributed by atoms with Crippen LogP contribution >= 0.6 is 23.2 Å². The predicted octanol–water partition coefficient (Wildman–Crippen LogP) is 3.60. The fourth-order valence-electron chi connectivity index (χ4n) is 3.13. The van der Waals surface area contributed by atoms with Gasteiger partial charge in [-0.15, -0.1) is 0 Å². The summed E-state index contributed by atoms with van der Waals surface area (Å²) >= 11 is 12.0. The second-order valence-electron chi connectivity index (χ2n) is 6.17. The SMILES string of the molecule is O=c1[nH]c(-c2ccco2)nc2c1CN(Cc1cc(Cl)cc(Cl)c1O)CC2. The summed E-state index contributed by atoms with van der Waals surface area (Å²) in [6.07, 6.45) is 2.17. The second-order valence-corrected chi connectivity index (χ2v) is 7.02. The summed E-state index contributed by atoms with van der Waals surface area (Å²) < 4.78 is 5.31. The van der Waals surface area contributed by atoms with E-state index in [9.17, 15) is 9.90 Å². The normalized spacial score (nSPS) is 14.4. The molecule has 134 valence electrons. The summed E-state index contributed by atoms with van der Waals surface area (Å²) in [6, 6.07) is 6.68. The van der Waals surface area contributed by atoms with Gasteiger partial charge in [-0.3, -0.25) is 9.69 Å². The number of benzene rings is 1. The molecular weight excluding hydrogens is 377 g/mol. The van der Waals surface area contributed by atoms with Gasteiger partial charge in [0.15, 0.2) is 11.6 Å². The van der Waals surface area contributed by atoms with Gasteiger partial charge < -0.3 is 14.5 Å². The number of phenols is 1. The van der Waals surface area contributed by atoms with Crippen molar-refractivity contribution >= 4 is 23.2 Å². The Morgan fingerprint density at radius 1 is 1.35 bits per heavy atom. The van der Waals surface area contributed by atoms with Crippen molar-refractivity contribution in [2.24, 2.45) is 0 Å².